The van der Waals surface area contributed by atoms with Crippen molar-refractivity contribution in [2.24, 2.45) is 0 Å². The predicted molar refractivity (Wildman–Crippen MR) is 88.2 cm³/mol. The van der Waals surface area contributed by atoms with Crippen molar-refractivity contribution in [2.75, 3.05) is 19.5 Å². The van der Waals surface area contributed by atoms with Crippen molar-refractivity contribution < 1.29 is 14.3 Å². The number of carbonyl (C=O) groups excluding carboxylic acids is 1. The number of nitrogens with two attached hydrogens (primary N) is 1. The normalized spacial score (nSPS) is 11.8. The van der Waals surface area contributed by atoms with Crippen LogP contribution in [0.15, 0.2) is 24.4 Å². The Hall–Kier alpha value is -2.63. The van der Waals surface area contributed by atoms with Crippen molar-refractivity contribution >= 4 is 11.7 Å². The van der Waals surface area contributed by atoms with Crippen LogP contribution in [0.4, 0.5) is 5.69 Å². The molecule has 6 heteroatoms. The molecule has 2 rings (SSSR count). The molecular weight excluding hydrogens is 294 g/mol. The number of aryl methyl sites for hydroxylation is 1. The van der Waals surface area contributed by atoms with Crippen LogP contribution in [0.3, 0.4) is 0 Å². The van der Waals surface area contributed by atoms with Gasteiger partial charge in [0.2, 0.25) is 5.88 Å². The molecule has 0 spiro atoms. The van der Waals surface area contributed by atoms with Gasteiger partial charge in [0.15, 0.2) is 0 Å². The SMILES string of the molecule is CCOC(=O)C(C)c1ncccc1-c1c(N)cc(C)nc1OC. The van der Waals surface area contributed by atoms with Gasteiger partial charge in [0.1, 0.15) is 0 Å². The molecule has 2 aromatic heterocycles. The number of hydrogen-bond acceptors (Lipinski definition) is 6. The van der Waals surface area contributed by atoms with Gasteiger partial charge in [0, 0.05) is 23.1 Å². The molecule has 6 nitrogen and oxygen atoms in total. The zero-order valence-corrected chi connectivity index (χ0v) is 13.8. The van der Waals surface area contributed by atoms with E-state index >= 15 is 0 Å². The van der Waals surface area contributed by atoms with E-state index in [0.717, 1.165) is 11.3 Å². The predicted octanol–water partition coefficient (Wildman–Crippen LogP) is 2.71. The van der Waals surface area contributed by atoms with E-state index in [-0.39, 0.29) is 5.97 Å². The van der Waals surface area contributed by atoms with E-state index in [2.05, 4.69) is 9.97 Å². The largest absolute Gasteiger partial charge is 0.480 e. The van der Waals surface area contributed by atoms with Gasteiger partial charge in [0.05, 0.1) is 30.9 Å². The highest BCUT2D eigenvalue weighted by molar-refractivity contribution is 5.86. The molecular formula is C17H21N3O3. The van der Waals surface area contributed by atoms with Crippen LogP contribution in [0.2, 0.25) is 0 Å². The Morgan fingerprint density at radius 1 is 1.43 bits per heavy atom. The number of anilines is 1. The third-order valence-electron chi connectivity index (χ3n) is 3.50. The smallest absolute Gasteiger partial charge is 0.314 e. The van der Waals surface area contributed by atoms with Crippen molar-refractivity contribution in [2.45, 2.75) is 26.7 Å². The summed E-state index contributed by atoms with van der Waals surface area (Å²) in [7, 11) is 1.54. The fourth-order valence-corrected chi connectivity index (χ4v) is 2.44. The number of esters is 1. The Balaban J connectivity index is 2.60. The third-order valence-corrected chi connectivity index (χ3v) is 3.50. The van der Waals surface area contributed by atoms with E-state index in [4.69, 9.17) is 15.2 Å². The fraction of sp³-hybridized carbons (Fsp3) is 0.353. The molecule has 1 unspecified atom stereocenters. The summed E-state index contributed by atoms with van der Waals surface area (Å²) in [6, 6.07) is 5.41. The van der Waals surface area contributed by atoms with E-state index in [0.29, 0.717) is 29.4 Å². The van der Waals surface area contributed by atoms with Gasteiger partial charge < -0.3 is 15.2 Å². The first-order valence-corrected chi connectivity index (χ1v) is 7.42. The van der Waals surface area contributed by atoms with Gasteiger partial charge in [-0.25, -0.2) is 4.98 Å². The summed E-state index contributed by atoms with van der Waals surface area (Å²) >= 11 is 0. The number of aromatic nitrogens is 2. The number of nitrogens with zero attached hydrogens (tertiary/aromatic N) is 2. The number of nitrogen functional groups attached to an aromatic ring is 1. The molecule has 0 saturated heterocycles. The molecule has 122 valence electrons. The van der Waals surface area contributed by atoms with E-state index in [9.17, 15) is 4.79 Å². The van der Waals surface area contributed by atoms with Gasteiger partial charge in [-0.05, 0) is 32.9 Å². The maximum atomic E-state index is 12.1. The molecule has 2 N–H and O–H groups in total. The molecule has 0 bridgehead atoms. The first-order valence-electron chi connectivity index (χ1n) is 7.42. The number of ether oxygens (including phenoxy) is 2. The first-order chi connectivity index (χ1) is 11.0. The van der Waals surface area contributed by atoms with Gasteiger partial charge in [-0.2, -0.15) is 0 Å². The van der Waals surface area contributed by atoms with Crippen LogP contribution in [0.5, 0.6) is 5.88 Å². The summed E-state index contributed by atoms with van der Waals surface area (Å²) in [6.45, 7) is 5.69. The summed E-state index contributed by atoms with van der Waals surface area (Å²) < 4.78 is 10.5. The molecule has 2 aromatic rings. The molecule has 1 atom stereocenters. The third kappa shape index (κ3) is 3.41. The highest BCUT2D eigenvalue weighted by atomic mass is 16.5. The summed E-state index contributed by atoms with van der Waals surface area (Å²) in [6.07, 6.45) is 1.64. The van der Waals surface area contributed by atoms with Crippen molar-refractivity contribution in [1.29, 1.82) is 0 Å². The maximum absolute atomic E-state index is 12.1. The van der Waals surface area contributed by atoms with Crippen LogP contribution in [-0.4, -0.2) is 29.7 Å². The quantitative estimate of drug-likeness (QED) is 0.854. The standard InChI is InChI=1S/C17H21N3O3/c1-5-23-17(21)11(3)15-12(7-6-8-19-15)14-13(18)9-10(2)20-16(14)22-4/h6-9,11H,5H2,1-4H3,(H2,18,20). The van der Waals surface area contributed by atoms with Crippen molar-refractivity contribution in [3.05, 3.63) is 35.8 Å². The second-order valence-corrected chi connectivity index (χ2v) is 5.15. The summed E-state index contributed by atoms with van der Waals surface area (Å²) in [5.74, 6) is -0.436. The van der Waals surface area contributed by atoms with Crippen molar-refractivity contribution in [3.8, 4) is 17.0 Å². The maximum Gasteiger partial charge on any atom is 0.314 e. The number of rotatable bonds is 5. The lowest BCUT2D eigenvalue weighted by molar-refractivity contribution is -0.144. The molecule has 2 heterocycles. The van der Waals surface area contributed by atoms with E-state index < -0.39 is 5.92 Å². The second kappa shape index (κ2) is 7.09. The minimum absolute atomic E-state index is 0.322. The second-order valence-electron chi connectivity index (χ2n) is 5.15. The molecule has 0 aliphatic heterocycles. The number of carbonyl (C=O) groups is 1. The highest BCUT2D eigenvalue weighted by Crippen LogP contribution is 2.38. The van der Waals surface area contributed by atoms with Crippen LogP contribution in [0.25, 0.3) is 11.1 Å². The van der Waals surface area contributed by atoms with Crippen molar-refractivity contribution in [1.82, 2.24) is 9.97 Å². The van der Waals surface area contributed by atoms with Crippen LogP contribution < -0.4 is 10.5 Å². The van der Waals surface area contributed by atoms with Gasteiger partial charge >= 0.3 is 5.97 Å². The summed E-state index contributed by atoms with van der Waals surface area (Å²) in [5, 5.41) is 0. The molecule has 0 amide bonds. The fourth-order valence-electron chi connectivity index (χ4n) is 2.44. The molecule has 0 aromatic carbocycles. The monoisotopic (exact) mass is 315 g/mol. The first kappa shape index (κ1) is 16.7. The number of methoxy groups -OCH3 is 1. The highest BCUT2D eigenvalue weighted by Gasteiger charge is 2.24. The minimum atomic E-state index is -0.517. The zero-order chi connectivity index (χ0) is 17.0. The lowest BCUT2D eigenvalue weighted by Crippen LogP contribution is -2.15. The Labute approximate surface area is 135 Å². The van der Waals surface area contributed by atoms with Gasteiger partial charge in [-0.1, -0.05) is 6.07 Å². The van der Waals surface area contributed by atoms with Gasteiger partial charge in [-0.3, -0.25) is 9.78 Å². The summed E-state index contributed by atoms with van der Waals surface area (Å²) in [5.41, 5.74) is 9.39. The van der Waals surface area contributed by atoms with Crippen molar-refractivity contribution in [3.63, 3.8) is 0 Å². The van der Waals surface area contributed by atoms with Crippen LogP contribution in [-0.2, 0) is 9.53 Å². The Morgan fingerprint density at radius 3 is 2.83 bits per heavy atom. The summed E-state index contributed by atoms with van der Waals surface area (Å²) in [4.78, 5) is 20.8. The van der Waals surface area contributed by atoms with E-state index in [1.54, 1.807) is 32.2 Å². The van der Waals surface area contributed by atoms with Gasteiger partial charge in [-0.15, -0.1) is 0 Å². The minimum Gasteiger partial charge on any atom is -0.480 e. The van der Waals surface area contributed by atoms with E-state index in [1.165, 1.54) is 7.11 Å². The van der Waals surface area contributed by atoms with Crippen LogP contribution >= 0.6 is 0 Å². The molecule has 0 radical (unpaired) electrons. The average Bonchev–Trinajstić information content (AvgIpc) is 2.53. The number of pyridine rings is 2. The van der Waals surface area contributed by atoms with Crippen LogP contribution in [0.1, 0.15) is 31.2 Å². The zero-order valence-electron chi connectivity index (χ0n) is 13.8. The van der Waals surface area contributed by atoms with Crippen LogP contribution in [0, 0.1) is 6.92 Å². The molecule has 23 heavy (non-hydrogen) atoms. The lowest BCUT2D eigenvalue weighted by Gasteiger charge is -2.17. The molecule has 0 fully saturated rings. The Bertz CT molecular complexity index is 716. The molecule has 0 aliphatic carbocycles. The molecule has 0 aliphatic rings. The molecule has 0 saturated carbocycles. The van der Waals surface area contributed by atoms with E-state index in [1.807, 2.05) is 13.0 Å². The number of hydrogen-bond donors (Lipinski definition) is 1. The Kier molecular flexibility index (Phi) is 5.16. The van der Waals surface area contributed by atoms with Gasteiger partial charge in [0.25, 0.3) is 0 Å². The lowest BCUT2D eigenvalue weighted by atomic mass is 9.96. The Morgan fingerprint density at radius 2 is 2.17 bits per heavy atom. The topological polar surface area (TPSA) is 87.3 Å². The average molecular weight is 315 g/mol.